The van der Waals surface area contributed by atoms with Gasteiger partial charge in [0.15, 0.2) is 0 Å². The molecule has 0 unspecified atom stereocenters. The molecule has 0 saturated heterocycles. The lowest BCUT2D eigenvalue weighted by Crippen LogP contribution is -3.00. The lowest BCUT2D eigenvalue weighted by atomic mass is 10.1. The van der Waals surface area contributed by atoms with Gasteiger partial charge in [-0.1, -0.05) is 0 Å². The van der Waals surface area contributed by atoms with Gasteiger partial charge in [0.1, 0.15) is 33.9 Å². The molecule has 23 heavy (non-hydrogen) atoms. The summed E-state index contributed by atoms with van der Waals surface area (Å²) in [6.45, 7) is 0. The van der Waals surface area contributed by atoms with E-state index in [-0.39, 0.29) is 23.9 Å². The number of aromatic hydroxyl groups is 2. The third kappa shape index (κ3) is 3.10. The molecule has 0 aliphatic rings. The minimum atomic E-state index is -0.0574. The topological polar surface area (TPSA) is 70.2 Å². The summed E-state index contributed by atoms with van der Waals surface area (Å²) in [4.78, 5) is 0. The molecule has 0 spiro atoms. The second kappa shape index (κ2) is 6.62. The van der Waals surface area contributed by atoms with Crippen LogP contribution in [0.2, 0.25) is 0 Å². The molecule has 0 radical (unpaired) electrons. The Balaban J connectivity index is 0.00000192. The van der Waals surface area contributed by atoms with Crippen LogP contribution >= 0.6 is 0 Å². The standard InChI is InChI=1S/C17H14O5.ClH/c1-20-11-8-16(21-2)13-5-6-15(22-17(13)9-11)12-4-3-10(18)7-14(12)19;/h3-9H,1-2H3,(H-,18,19);1H. The summed E-state index contributed by atoms with van der Waals surface area (Å²) in [5.41, 5.74) is 1.06. The summed E-state index contributed by atoms with van der Waals surface area (Å²) in [5.74, 6) is 1.66. The number of hydrogen-bond acceptors (Lipinski definition) is 4. The zero-order chi connectivity index (χ0) is 15.7. The Kier molecular flexibility index (Phi) is 4.81. The second-order valence-electron chi connectivity index (χ2n) is 4.74. The molecule has 0 bridgehead atoms. The van der Waals surface area contributed by atoms with Gasteiger partial charge in [0.25, 0.3) is 0 Å². The molecule has 6 heteroatoms. The van der Waals surface area contributed by atoms with Crippen molar-refractivity contribution in [2.24, 2.45) is 0 Å². The van der Waals surface area contributed by atoms with Gasteiger partial charge in [0.2, 0.25) is 0 Å². The third-order valence-electron chi connectivity index (χ3n) is 3.40. The SMILES string of the molecule is COc1cc(OC)c2ccc(-c3ccc(O)cc3O)[o+]c2c1.[Cl-]. The van der Waals surface area contributed by atoms with Crippen LogP contribution in [0.5, 0.6) is 23.0 Å². The number of hydrogen-bond donors (Lipinski definition) is 2. The molecule has 5 nitrogen and oxygen atoms in total. The van der Waals surface area contributed by atoms with Crippen LogP contribution in [-0.2, 0) is 0 Å². The first kappa shape index (κ1) is 16.7. The molecule has 2 N–H and O–H groups in total. The van der Waals surface area contributed by atoms with E-state index in [9.17, 15) is 10.2 Å². The van der Waals surface area contributed by atoms with Crippen molar-refractivity contribution in [3.63, 3.8) is 0 Å². The minimum Gasteiger partial charge on any atom is -1.00 e. The van der Waals surface area contributed by atoms with Gasteiger partial charge in [-0.05, 0) is 18.2 Å². The second-order valence-corrected chi connectivity index (χ2v) is 4.74. The molecule has 0 fully saturated rings. The zero-order valence-corrected chi connectivity index (χ0v) is 13.3. The fraction of sp³-hybridized carbons (Fsp3) is 0.118. The maximum absolute atomic E-state index is 9.95. The molecule has 3 aromatic rings. The van der Waals surface area contributed by atoms with Gasteiger partial charge in [-0.15, -0.1) is 0 Å². The van der Waals surface area contributed by atoms with Gasteiger partial charge in [-0.25, -0.2) is 4.42 Å². The summed E-state index contributed by atoms with van der Waals surface area (Å²) < 4.78 is 16.4. The maximum atomic E-state index is 9.95. The first-order chi connectivity index (χ1) is 10.6. The van der Waals surface area contributed by atoms with Gasteiger partial charge >= 0.3 is 11.3 Å². The fourth-order valence-corrected chi connectivity index (χ4v) is 2.30. The van der Waals surface area contributed by atoms with Crippen molar-refractivity contribution < 1.29 is 36.5 Å². The van der Waals surface area contributed by atoms with Crippen LogP contribution in [0, 0.1) is 0 Å². The highest BCUT2D eigenvalue weighted by atomic mass is 35.5. The summed E-state index contributed by atoms with van der Waals surface area (Å²) in [6, 6.07) is 11.4. The summed E-state index contributed by atoms with van der Waals surface area (Å²) >= 11 is 0. The number of phenolic OH excluding ortho intramolecular Hbond substituents is 2. The Morgan fingerprint density at radius 2 is 1.70 bits per heavy atom. The predicted molar refractivity (Wildman–Crippen MR) is 82.5 cm³/mol. The van der Waals surface area contributed by atoms with E-state index in [1.165, 1.54) is 12.1 Å². The molecule has 0 amide bonds. The number of rotatable bonds is 3. The fourth-order valence-electron chi connectivity index (χ4n) is 2.30. The van der Waals surface area contributed by atoms with Crippen LogP contribution in [0.25, 0.3) is 22.3 Å². The smallest absolute Gasteiger partial charge is 0.368 e. The van der Waals surface area contributed by atoms with Crippen molar-refractivity contribution >= 4 is 11.0 Å². The van der Waals surface area contributed by atoms with Gasteiger partial charge in [0.05, 0.1) is 20.3 Å². The first-order valence-electron chi connectivity index (χ1n) is 6.63. The number of ether oxygens (including phenoxy) is 2. The summed E-state index contributed by atoms with van der Waals surface area (Å²) in [5, 5.41) is 20.1. The number of benzene rings is 2. The zero-order valence-electron chi connectivity index (χ0n) is 12.5. The normalized spacial score (nSPS) is 10.2. The molecule has 0 saturated carbocycles. The quantitative estimate of drug-likeness (QED) is 0.694. The van der Waals surface area contributed by atoms with Crippen LogP contribution in [0.1, 0.15) is 0 Å². The van der Waals surface area contributed by atoms with Crippen molar-refractivity contribution in [2.75, 3.05) is 14.2 Å². The number of methoxy groups -OCH3 is 2. The Labute approximate surface area is 139 Å². The van der Waals surface area contributed by atoms with Crippen molar-refractivity contribution in [1.29, 1.82) is 0 Å². The van der Waals surface area contributed by atoms with E-state index in [1.54, 1.807) is 38.5 Å². The Morgan fingerprint density at radius 3 is 2.35 bits per heavy atom. The third-order valence-corrected chi connectivity index (χ3v) is 3.40. The molecule has 1 aromatic heterocycles. The van der Waals surface area contributed by atoms with Crippen LogP contribution in [-0.4, -0.2) is 24.4 Å². The predicted octanol–water partition coefficient (Wildman–Crippen LogP) is 0.813. The average molecular weight is 335 g/mol. The van der Waals surface area contributed by atoms with E-state index in [4.69, 9.17) is 13.9 Å². The van der Waals surface area contributed by atoms with E-state index < -0.39 is 0 Å². The molecule has 0 aliphatic carbocycles. The number of phenols is 2. The van der Waals surface area contributed by atoms with Crippen LogP contribution < -0.4 is 21.9 Å². The molecule has 3 rings (SSSR count). The highest BCUT2D eigenvalue weighted by Gasteiger charge is 2.21. The molecule has 0 atom stereocenters. The van der Waals surface area contributed by atoms with Gasteiger partial charge in [-0.3, -0.25) is 0 Å². The molecule has 0 aliphatic heterocycles. The number of fused-ring (bicyclic) bond motifs is 1. The number of halogens is 1. The maximum Gasteiger partial charge on any atom is 0.368 e. The van der Waals surface area contributed by atoms with Crippen molar-refractivity contribution in [1.82, 2.24) is 0 Å². The Hall–Kier alpha value is -2.66. The van der Waals surface area contributed by atoms with Gasteiger partial charge in [0, 0.05) is 18.2 Å². The van der Waals surface area contributed by atoms with Crippen molar-refractivity contribution in [3.8, 4) is 34.3 Å². The first-order valence-corrected chi connectivity index (χ1v) is 6.63. The van der Waals surface area contributed by atoms with Crippen LogP contribution in [0.15, 0.2) is 46.9 Å². The van der Waals surface area contributed by atoms with Gasteiger partial charge in [-0.2, -0.15) is 0 Å². The Bertz CT molecular complexity index is 848. The summed E-state index contributed by atoms with van der Waals surface area (Å²) in [6.07, 6.45) is 0. The van der Waals surface area contributed by atoms with E-state index >= 15 is 0 Å². The van der Waals surface area contributed by atoms with E-state index in [0.29, 0.717) is 28.4 Å². The van der Waals surface area contributed by atoms with Gasteiger partial charge < -0.3 is 32.1 Å². The van der Waals surface area contributed by atoms with E-state index in [0.717, 1.165) is 5.39 Å². The molecule has 2 aromatic carbocycles. The molecule has 120 valence electrons. The highest BCUT2D eigenvalue weighted by Crippen LogP contribution is 2.37. The lowest BCUT2D eigenvalue weighted by Gasteiger charge is -2.04. The van der Waals surface area contributed by atoms with Crippen LogP contribution in [0.4, 0.5) is 0 Å². The van der Waals surface area contributed by atoms with E-state index in [1.807, 2.05) is 6.07 Å². The molecular formula is C17H15ClO5. The van der Waals surface area contributed by atoms with Crippen LogP contribution in [0.3, 0.4) is 0 Å². The largest absolute Gasteiger partial charge is 1.00 e. The summed E-state index contributed by atoms with van der Waals surface area (Å²) in [7, 11) is 3.14. The van der Waals surface area contributed by atoms with Crippen molar-refractivity contribution in [2.45, 2.75) is 0 Å². The average Bonchev–Trinajstić information content (AvgIpc) is 2.53. The molecule has 1 heterocycles. The van der Waals surface area contributed by atoms with E-state index in [2.05, 4.69) is 0 Å². The highest BCUT2D eigenvalue weighted by molar-refractivity contribution is 5.87. The lowest BCUT2D eigenvalue weighted by molar-refractivity contribution is -0.00000771. The Morgan fingerprint density at radius 1 is 0.913 bits per heavy atom. The monoisotopic (exact) mass is 334 g/mol. The van der Waals surface area contributed by atoms with Crippen molar-refractivity contribution in [3.05, 3.63) is 42.5 Å². The molecular weight excluding hydrogens is 320 g/mol. The minimum absolute atomic E-state index is 0.